The molecule has 2 N–H and O–H groups in total. The van der Waals surface area contributed by atoms with E-state index in [1.807, 2.05) is 30.3 Å². The molecule has 2 aromatic carbocycles. The van der Waals surface area contributed by atoms with Gasteiger partial charge in [0.25, 0.3) is 0 Å². The summed E-state index contributed by atoms with van der Waals surface area (Å²) in [6.45, 7) is 0. The smallest absolute Gasteiger partial charge is 0.240 e. The lowest BCUT2D eigenvalue weighted by molar-refractivity contribution is -0.125. The first kappa shape index (κ1) is 14.9. The Morgan fingerprint density at radius 1 is 1.12 bits per heavy atom. The number of amides is 2. The number of para-hydroxylation sites is 1. The minimum absolute atomic E-state index is 0.00879. The summed E-state index contributed by atoms with van der Waals surface area (Å²) < 4.78 is 13.4. The molecule has 2 aromatic rings. The molecule has 122 valence electrons. The van der Waals surface area contributed by atoms with Gasteiger partial charge in [-0.2, -0.15) is 0 Å². The Bertz CT molecular complexity index is 836. The second-order valence-electron chi connectivity index (χ2n) is 6.46. The van der Waals surface area contributed by atoms with Crippen LogP contribution >= 0.6 is 0 Å². The predicted molar refractivity (Wildman–Crippen MR) is 87.9 cm³/mol. The molecule has 3 atom stereocenters. The Labute approximate surface area is 139 Å². The maximum absolute atomic E-state index is 13.4. The van der Waals surface area contributed by atoms with Gasteiger partial charge < -0.3 is 5.73 Å². The lowest BCUT2D eigenvalue weighted by Crippen LogP contribution is -2.46. The number of fused-ring (bicyclic) bond motifs is 1. The summed E-state index contributed by atoms with van der Waals surface area (Å²) >= 11 is 0. The minimum atomic E-state index is -0.636. The second kappa shape index (κ2) is 5.44. The molecule has 4 nitrogen and oxygen atoms in total. The Balaban J connectivity index is 1.61. The summed E-state index contributed by atoms with van der Waals surface area (Å²) in [5.74, 6) is -1.11. The van der Waals surface area contributed by atoms with E-state index in [9.17, 15) is 14.0 Å². The van der Waals surface area contributed by atoms with Crippen molar-refractivity contribution in [3.63, 3.8) is 0 Å². The number of halogens is 1. The van der Waals surface area contributed by atoms with Gasteiger partial charge in [-0.25, -0.2) is 4.39 Å². The average Bonchev–Trinajstić information content (AvgIpc) is 3.27. The van der Waals surface area contributed by atoms with Gasteiger partial charge in [-0.15, -0.1) is 0 Å². The number of nitrogens with zero attached hydrogens (tertiary/aromatic N) is 1. The molecular formula is C19H17FN2O2. The molecule has 24 heavy (non-hydrogen) atoms. The van der Waals surface area contributed by atoms with E-state index in [2.05, 4.69) is 0 Å². The summed E-state index contributed by atoms with van der Waals surface area (Å²) in [4.78, 5) is 26.3. The third-order valence-corrected chi connectivity index (χ3v) is 4.93. The summed E-state index contributed by atoms with van der Waals surface area (Å²) in [5.41, 5.74) is 8.06. The first-order valence-electron chi connectivity index (χ1n) is 8.02. The van der Waals surface area contributed by atoms with E-state index in [1.165, 1.54) is 12.1 Å². The summed E-state index contributed by atoms with van der Waals surface area (Å²) in [7, 11) is 0. The molecule has 1 aliphatic heterocycles. The normalized spacial score (nSPS) is 24.5. The van der Waals surface area contributed by atoms with Crippen molar-refractivity contribution in [2.24, 2.45) is 11.7 Å². The van der Waals surface area contributed by atoms with Crippen LogP contribution in [-0.4, -0.2) is 17.9 Å². The first-order valence-corrected chi connectivity index (χ1v) is 8.02. The highest BCUT2D eigenvalue weighted by Crippen LogP contribution is 2.50. The van der Waals surface area contributed by atoms with Crippen LogP contribution in [0.1, 0.15) is 23.5 Å². The van der Waals surface area contributed by atoms with E-state index in [4.69, 9.17) is 5.73 Å². The average molecular weight is 324 g/mol. The number of hydrogen-bond acceptors (Lipinski definition) is 2. The molecule has 0 aromatic heterocycles. The van der Waals surface area contributed by atoms with Crippen molar-refractivity contribution < 1.29 is 14.0 Å². The molecule has 4 rings (SSSR count). The van der Waals surface area contributed by atoms with E-state index >= 15 is 0 Å². The standard InChI is InChI=1S/C19H17FN2O2/c20-13-6-3-5-11(8-13)14-10-15(14)19(24)22-16-7-2-1-4-12(16)9-17(22)18(21)23/h1-8,14-15,17H,9-10H2,(H2,21,23)/t14?,15?,17-/m0/s1. The number of nitrogens with two attached hydrogens (primary N) is 1. The fraction of sp³-hybridized carbons (Fsp3) is 0.263. The third kappa shape index (κ3) is 2.37. The van der Waals surface area contributed by atoms with Crippen LogP contribution in [-0.2, 0) is 16.0 Å². The summed E-state index contributed by atoms with van der Waals surface area (Å²) in [6, 6.07) is 13.2. The molecule has 0 bridgehead atoms. The van der Waals surface area contributed by atoms with Crippen molar-refractivity contribution in [3.05, 3.63) is 65.5 Å². The monoisotopic (exact) mass is 324 g/mol. The summed E-state index contributed by atoms with van der Waals surface area (Å²) in [6.07, 6.45) is 1.13. The largest absolute Gasteiger partial charge is 0.368 e. The van der Waals surface area contributed by atoms with Gasteiger partial charge in [-0.1, -0.05) is 30.3 Å². The minimum Gasteiger partial charge on any atom is -0.368 e. The van der Waals surface area contributed by atoms with Crippen LogP contribution in [0.15, 0.2) is 48.5 Å². The highest BCUT2D eigenvalue weighted by molar-refractivity contribution is 6.05. The van der Waals surface area contributed by atoms with Gasteiger partial charge in [0.05, 0.1) is 0 Å². The molecule has 0 spiro atoms. The van der Waals surface area contributed by atoms with Crippen molar-refractivity contribution in [1.82, 2.24) is 0 Å². The number of hydrogen-bond donors (Lipinski definition) is 1. The second-order valence-corrected chi connectivity index (χ2v) is 6.46. The zero-order valence-electron chi connectivity index (χ0n) is 13.0. The highest BCUT2D eigenvalue weighted by atomic mass is 19.1. The van der Waals surface area contributed by atoms with Crippen LogP contribution in [0.2, 0.25) is 0 Å². The molecule has 0 saturated heterocycles. The van der Waals surface area contributed by atoms with Crippen molar-refractivity contribution in [2.75, 3.05) is 4.90 Å². The van der Waals surface area contributed by atoms with Crippen LogP contribution in [0.25, 0.3) is 0 Å². The lowest BCUT2D eigenvalue weighted by Gasteiger charge is -2.23. The topological polar surface area (TPSA) is 63.4 Å². The number of anilines is 1. The lowest BCUT2D eigenvalue weighted by atomic mass is 10.1. The zero-order valence-corrected chi connectivity index (χ0v) is 13.0. The maximum Gasteiger partial charge on any atom is 0.240 e. The van der Waals surface area contributed by atoms with Crippen molar-refractivity contribution in [2.45, 2.75) is 24.8 Å². The Hall–Kier alpha value is -2.69. The number of carbonyl (C=O) groups is 2. The van der Waals surface area contributed by atoms with Gasteiger partial charge in [0, 0.05) is 18.0 Å². The molecule has 2 amide bonds. The summed E-state index contributed by atoms with van der Waals surface area (Å²) in [5, 5.41) is 0. The molecule has 1 heterocycles. The predicted octanol–water partition coefficient (Wildman–Crippen LogP) is 2.37. The number of rotatable bonds is 3. The zero-order chi connectivity index (χ0) is 16.8. The maximum atomic E-state index is 13.4. The number of primary amides is 1. The van der Waals surface area contributed by atoms with Gasteiger partial charge in [-0.05, 0) is 41.7 Å². The fourth-order valence-corrected chi connectivity index (χ4v) is 3.64. The van der Waals surface area contributed by atoms with Gasteiger partial charge in [-0.3, -0.25) is 14.5 Å². The molecule has 1 aliphatic carbocycles. The molecule has 1 saturated carbocycles. The van der Waals surface area contributed by atoms with Crippen LogP contribution in [0, 0.1) is 11.7 Å². The van der Waals surface area contributed by atoms with Crippen LogP contribution in [0.5, 0.6) is 0 Å². The van der Waals surface area contributed by atoms with E-state index in [-0.39, 0.29) is 23.6 Å². The SMILES string of the molecule is NC(=O)[C@@H]1Cc2ccccc2N1C(=O)C1CC1c1cccc(F)c1. The van der Waals surface area contributed by atoms with Gasteiger partial charge >= 0.3 is 0 Å². The van der Waals surface area contributed by atoms with Crippen molar-refractivity contribution >= 4 is 17.5 Å². The van der Waals surface area contributed by atoms with Crippen molar-refractivity contribution in [3.8, 4) is 0 Å². The van der Waals surface area contributed by atoms with E-state index in [1.54, 1.807) is 11.0 Å². The van der Waals surface area contributed by atoms with Crippen LogP contribution < -0.4 is 10.6 Å². The molecule has 0 radical (unpaired) electrons. The first-order chi connectivity index (χ1) is 11.6. The van der Waals surface area contributed by atoms with E-state index < -0.39 is 11.9 Å². The molecule has 1 fully saturated rings. The van der Waals surface area contributed by atoms with Crippen LogP contribution in [0.3, 0.4) is 0 Å². The van der Waals surface area contributed by atoms with E-state index in [0.717, 1.165) is 16.8 Å². The Kier molecular flexibility index (Phi) is 3.37. The molecular weight excluding hydrogens is 307 g/mol. The quantitative estimate of drug-likeness (QED) is 0.942. The molecule has 5 heteroatoms. The highest BCUT2D eigenvalue weighted by Gasteiger charge is 2.49. The Morgan fingerprint density at radius 3 is 2.67 bits per heavy atom. The molecule has 2 unspecified atom stereocenters. The fourth-order valence-electron chi connectivity index (χ4n) is 3.64. The van der Waals surface area contributed by atoms with Crippen LogP contribution in [0.4, 0.5) is 10.1 Å². The van der Waals surface area contributed by atoms with E-state index in [0.29, 0.717) is 12.8 Å². The van der Waals surface area contributed by atoms with Crippen molar-refractivity contribution in [1.29, 1.82) is 0 Å². The van der Waals surface area contributed by atoms with Gasteiger partial charge in [0.15, 0.2) is 0 Å². The third-order valence-electron chi connectivity index (χ3n) is 4.93. The number of benzene rings is 2. The van der Waals surface area contributed by atoms with Gasteiger partial charge in [0.1, 0.15) is 11.9 Å². The Morgan fingerprint density at radius 2 is 1.92 bits per heavy atom. The van der Waals surface area contributed by atoms with Gasteiger partial charge in [0.2, 0.25) is 11.8 Å². The number of carbonyl (C=O) groups excluding carboxylic acids is 2. The molecule has 2 aliphatic rings.